The number of nitrogens with zero attached hydrogens (tertiary/aromatic N) is 1. The molecule has 0 atom stereocenters. The predicted octanol–water partition coefficient (Wildman–Crippen LogP) is 3.07. The molecule has 2 aromatic carbocycles. The molecule has 2 amide bonds. The molecule has 0 saturated carbocycles. The van der Waals surface area contributed by atoms with Crippen molar-refractivity contribution < 1.29 is 19.0 Å². The Bertz CT molecular complexity index is 635. The Labute approximate surface area is 127 Å². The summed E-state index contributed by atoms with van der Waals surface area (Å²) in [5.74, 6) is 0.423. The van der Waals surface area contributed by atoms with Gasteiger partial charge in [0.25, 0.3) is 0 Å². The van der Waals surface area contributed by atoms with Crippen LogP contribution in [0.3, 0.4) is 0 Å². The molecular weight excluding hydrogens is 287 g/mol. The maximum absolute atomic E-state index is 13.4. The Kier molecular flexibility index (Phi) is 5.32. The van der Waals surface area contributed by atoms with Crippen molar-refractivity contribution in [1.29, 1.82) is 0 Å². The summed E-state index contributed by atoms with van der Waals surface area (Å²) in [6.45, 7) is 0.0243. The molecule has 0 radical (unpaired) electrons. The molecule has 0 aliphatic carbocycles. The number of aliphatic hydroxyl groups is 1. The number of ether oxygens (including phenoxy) is 1. The van der Waals surface area contributed by atoms with Gasteiger partial charge in [0.05, 0.1) is 12.3 Å². The van der Waals surface area contributed by atoms with E-state index in [9.17, 15) is 9.18 Å². The molecular formula is C16H17FN2O3. The first-order valence-corrected chi connectivity index (χ1v) is 6.75. The number of hydrogen-bond donors (Lipinski definition) is 2. The largest absolute Gasteiger partial charge is 0.455 e. The van der Waals surface area contributed by atoms with E-state index in [0.29, 0.717) is 11.5 Å². The number of halogens is 1. The smallest absolute Gasteiger partial charge is 0.321 e. The molecule has 0 aliphatic rings. The van der Waals surface area contributed by atoms with Crippen LogP contribution < -0.4 is 10.1 Å². The van der Waals surface area contributed by atoms with Crippen LogP contribution in [-0.2, 0) is 0 Å². The minimum Gasteiger partial charge on any atom is -0.455 e. The van der Waals surface area contributed by atoms with E-state index in [-0.39, 0.29) is 18.8 Å². The molecule has 2 rings (SSSR count). The monoisotopic (exact) mass is 304 g/mol. The second kappa shape index (κ2) is 7.42. The number of carbonyl (C=O) groups excluding carboxylic acids is 1. The lowest BCUT2D eigenvalue weighted by Crippen LogP contribution is -2.33. The molecule has 0 bridgehead atoms. The first-order chi connectivity index (χ1) is 10.6. The molecule has 0 aliphatic heterocycles. The highest BCUT2D eigenvalue weighted by Crippen LogP contribution is 2.30. The van der Waals surface area contributed by atoms with Crippen LogP contribution in [-0.4, -0.2) is 36.2 Å². The SMILES string of the molecule is CN(CCO)C(=O)Nc1cc(F)ccc1Oc1ccccc1. The zero-order valence-electron chi connectivity index (χ0n) is 12.1. The van der Waals surface area contributed by atoms with Crippen molar-refractivity contribution in [1.82, 2.24) is 4.90 Å². The summed E-state index contributed by atoms with van der Waals surface area (Å²) in [7, 11) is 1.53. The summed E-state index contributed by atoms with van der Waals surface area (Å²) < 4.78 is 19.1. The number of rotatable bonds is 5. The van der Waals surface area contributed by atoms with E-state index in [1.165, 1.54) is 30.1 Å². The number of benzene rings is 2. The van der Waals surface area contributed by atoms with Gasteiger partial charge >= 0.3 is 6.03 Å². The van der Waals surface area contributed by atoms with Crippen molar-refractivity contribution in [2.24, 2.45) is 0 Å². The molecule has 0 fully saturated rings. The third-order valence-corrected chi connectivity index (χ3v) is 2.94. The molecule has 0 heterocycles. The highest BCUT2D eigenvalue weighted by molar-refractivity contribution is 5.90. The fourth-order valence-electron chi connectivity index (χ4n) is 1.77. The van der Waals surface area contributed by atoms with Gasteiger partial charge in [0, 0.05) is 19.7 Å². The van der Waals surface area contributed by atoms with E-state index >= 15 is 0 Å². The van der Waals surface area contributed by atoms with E-state index in [4.69, 9.17) is 9.84 Å². The number of hydrogen-bond acceptors (Lipinski definition) is 3. The average molecular weight is 304 g/mol. The van der Waals surface area contributed by atoms with Gasteiger partial charge in [-0.15, -0.1) is 0 Å². The van der Waals surface area contributed by atoms with Gasteiger partial charge in [-0.3, -0.25) is 0 Å². The van der Waals surface area contributed by atoms with Gasteiger partial charge in [0.15, 0.2) is 5.75 Å². The maximum atomic E-state index is 13.4. The van der Waals surface area contributed by atoms with E-state index in [2.05, 4.69) is 5.32 Å². The van der Waals surface area contributed by atoms with Crippen LogP contribution in [0.15, 0.2) is 48.5 Å². The van der Waals surface area contributed by atoms with Crippen molar-refractivity contribution in [2.75, 3.05) is 25.5 Å². The van der Waals surface area contributed by atoms with Gasteiger partial charge in [-0.1, -0.05) is 18.2 Å². The molecule has 0 aromatic heterocycles. The van der Waals surface area contributed by atoms with E-state index in [1.54, 1.807) is 12.1 Å². The number of aliphatic hydroxyl groups excluding tert-OH is 1. The molecule has 22 heavy (non-hydrogen) atoms. The number of nitrogens with one attached hydrogen (secondary N) is 1. The average Bonchev–Trinajstić information content (AvgIpc) is 2.51. The second-order valence-corrected chi connectivity index (χ2v) is 4.63. The first kappa shape index (κ1) is 15.8. The number of amides is 2. The molecule has 2 aromatic rings. The normalized spacial score (nSPS) is 10.1. The summed E-state index contributed by atoms with van der Waals surface area (Å²) in [6, 6.07) is 12.4. The Morgan fingerprint density at radius 2 is 2.00 bits per heavy atom. The van der Waals surface area contributed by atoms with Crippen LogP contribution in [0.4, 0.5) is 14.9 Å². The molecule has 2 N–H and O–H groups in total. The predicted molar refractivity (Wildman–Crippen MR) is 81.7 cm³/mol. The Morgan fingerprint density at radius 1 is 1.27 bits per heavy atom. The topological polar surface area (TPSA) is 61.8 Å². The number of para-hydroxylation sites is 1. The zero-order chi connectivity index (χ0) is 15.9. The summed E-state index contributed by atoms with van der Waals surface area (Å²) in [5, 5.41) is 11.4. The molecule has 6 heteroatoms. The molecule has 0 saturated heterocycles. The van der Waals surface area contributed by atoms with Crippen molar-refractivity contribution in [3.05, 3.63) is 54.3 Å². The van der Waals surface area contributed by atoms with Gasteiger partial charge in [-0.25, -0.2) is 9.18 Å². The highest BCUT2D eigenvalue weighted by atomic mass is 19.1. The maximum Gasteiger partial charge on any atom is 0.321 e. The van der Waals surface area contributed by atoms with E-state index in [1.807, 2.05) is 18.2 Å². The first-order valence-electron chi connectivity index (χ1n) is 6.75. The second-order valence-electron chi connectivity index (χ2n) is 4.63. The third kappa shape index (κ3) is 4.20. The van der Waals surface area contributed by atoms with Crippen LogP contribution in [0.1, 0.15) is 0 Å². The zero-order valence-corrected chi connectivity index (χ0v) is 12.1. The summed E-state index contributed by atoms with van der Waals surface area (Å²) in [5.41, 5.74) is 0.221. The van der Waals surface area contributed by atoms with Gasteiger partial charge in [0.1, 0.15) is 11.6 Å². The molecule has 5 nitrogen and oxygen atoms in total. The lowest BCUT2D eigenvalue weighted by molar-refractivity contribution is 0.202. The Hall–Kier alpha value is -2.60. The minimum atomic E-state index is -0.486. The van der Waals surface area contributed by atoms with E-state index < -0.39 is 11.8 Å². The molecule has 0 unspecified atom stereocenters. The van der Waals surface area contributed by atoms with Crippen LogP contribution >= 0.6 is 0 Å². The Morgan fingerprint density at radius 3 is 2.68 bits per heavy atom. The summed E-state index contributed by atoms with van der Waals surface area (Å²) in [6.07, 6.45) is 0. The van der Waals surface area contributed by atoms with E-state index in [0.717, 1.165) is 0 Å². The van der Waals surface area contributed by atoms with Crippen LogP contribution in [0.25, 0.3) is 0 Å². The number of urea groups is 1. The Balaban J connectivity index is 2.19. The van der Waals surface area contributed by atoms with Crippen LogP contribution in [0, 0.1) is 5.82 Å². The lowest BCUT2D eigenvalue weighted by atomic mass is 10.2. The van der Waals surface area contributed by atoms with Crippen LogP contribution in [0.2, 0.25) is 0 Å². The standard InChI is InChI=1S/C16H17FN2O3/c1-19(9-10-20)16(21)18-14-11-12(17)7-8-15(14)22-13-5-3-2-4-6-13/h2-8,11,20H,9-10H2,1H3,(H,18,21). The fraction of sp³-hybridized carbons (Fsp3) is 0.188. The van der Waals surface area contributed by atoms with Crippen molar-refractivity contribution in [3.63, 3.8) is 0 Å². The fourth-order valence-corrected chi connectivity index (χ4v) is 1.77. The number of carbonyl (C=O) groups is 1. The van der Waals surface area contributed by atoms with Gasteiger partial charge < -0.3 is 20.1 Å². The number of anilines is 1. The van der Waals surface area contributed by atoms with Crippen LogP contribution in [0.5, 0.6) is 11.5 Å². The van der Waals surface area contributed by atoms with Gasteiger partial charge in [-0.05, 0) is 24.3 Å². The van der Waals surface area contributed by atoms with Gasteiger partial charge in [-0.2, -0.15) is 0 Å². The lowest BCUT2D eigenvalue weighted by Gasteiger charge is -2.18. The van der Waals surface area contributed by atoms with Gasteiger partial charge in [0.2, 0.25) is 0 Å². The number of likely N-dealkylation sites (N-methyl/N-ethyl adjacent to an activating group) is 1. The third-order valence-electron chi connectivity index (χ3n) is 2.94. The van der Waals surface area contributed by atoms with Crippen molar-refractivity contribution in [2.45, 2.75) is 0 Å². The highest BCUT2D eigenvalue weighted by Gasteiger charge is 2.13. The molecule has 0 spiro atoms. The summed E-state index contributed by atoms with van der Waals surface area (Å²) >= 11 is 0. The quantitative estimate of drug-likeness (QED) is 0.892. The van der Waals surface area contributed by atoms with Crippen molar-refractivity contribution >= 4 is 11.7 Å². The minimum absolute atomic E-state index is 0.152. The summed E-state index contributed by atoms with van der Waals surface area (Å²) in [4.78, 5) is 13.2. The molecule has 116 valence electrons. The van der Waals surface area contributed by atoms with Crippen molar-refractivity contribution in [3.8, 4) is 11.5 Å².